The summed E-state index contributed by atoms with van der Waals surface area (Å²) < 4.78 is 64.6. The van der Waals surface area contributed by atoms with Gasteiger partial charge in [-0.25, -0.2) is 8.78 Å². The maximum absolute atomic E-state index is 15.2. The summed E-state index contributed by atoms with van der Waals surface area (Å²) in [4.78, 5) is 0. The third-order valence-corrected chi connectivity index (χ3v) is 9.83. The van der Waals surface area contributed by atoms with E-state index in [9.17, 15) is 8.78 Å². The highest BCUT2D eigenvalue weighted by molar-refractivity contribution is 5.71. The zero-order valence-electron chi connectivity index (χ0n) is 24.9. The van der Waals surface area contributed by atoms with Crippen LogP contribution in [0.2, 0.25) is 0 Å². The molecular weight excluding hydrogens is 550 g/mol. The summed E-state index contributed by atoms with van der Waals surface area (Å²) in [5, 5.41) is 8.92. The molecule has 2 aliphatic rings. The molecule has 3 aromatic carbocycles. The third kappa shape index (κ3) is 7.61. The molecule has 0 aliphatic heterocycles. The van der Waals surface area contributed by atoms with Crippen LogP contribution in [0.5, 0.6) is 5.75 Å². The van der Waals surface area contributed by atoms with Crippen molar-refractivity contribution in [2.75, 3.05) is 0 Å². The van der Waals surface area contributed by atoms with E-state index in [1.807, 2.05) is 0 Å². The van der Waals surface area contributed by atoms with E-state index >= 15 is 8.78 Å². The van der Waals surface area contributed by atoms with Gasteiger partial charge in [-0.2, -0.15) is 14.0 Å². The standard InChI is InChI=1S/C37H41F4NO/c1-2-3-4-5-25-6-8-26(9-7-25)27-12-17-32(18-13-27)37(40,41)43-33-19-14-28(15-20-33)29-16-21-34(36(39)22-29)30-10-11-31(24-42)35(38)23-30/h10-11,14-16,19-23,25-27,32H,2-9,12-13,17-18H2,1H3. The van der Waals surface area contributed by atoms with Crippen LogP contribution >= 0.6 is 0 Å². The van der Waals surface area contributed by atoms with Crippen LogP contribution in [0.1, 0.15) is 89.5 Å². The fourth-order valence-electron chi connectivity index (χ4n) is 7.22. The van der Waals surface area contributed by atoms with Gasteiger partial charge in [0.25, 0.3) is 0 Å². The van der Waals surface area contributed by atoms with Gasteiger partial charge >= 0.3 is 6.11 Å². The number of alkyl halides is 2. The summed E-state index contributed by atoms with van der Waals surface area (Å²) in [6, 6.07) is 16.5. The number of unbranched alkanes of at least 4 members (excludes halogenated alkanes) is 2. The Bertz CT molecular complexity index is 1400. The number of hydrogen-bond donors (Lipinski definition) is 0. The quantitative estimate of drug-likeness (QED) is 0.174. The van der Waals surface area contributed by atoms with Crippen LogP contribution in [-0.4, -0.2) is 6.11 Å². The Labute approximate surface area is 253 Å². The highest BCUT2D eigenvalue weighted by Crippen LogP contribution is 2.46. The molecule has 5 rings (SSSR count). The molecule has 0 spiro atoms. The molecule has 228 valence electrons. The number of nitrogens with zero attached hydrogens (tertiary/aromatic N) is 1. The molecule has 2 fully saturated rings. The van der Waals surface area contributed by atoms with Crippen molar-refractivity contribution >= 4 is 0 Å². The first-order valence-corrected chi connectivity index (χ1v) is 15.9. The van der Waals surface area contributed by atoms with Gasteiger partial charge in [-0.3, -0.25) is 0 Å². The molecule has 0 heterocycles. The number of ether oxygens (including phenoxy) is 1. The summed E-state index contributed by atoms with van der Waals surface area (Å²) >= 11 is 0. The van der Waals surface area contributed by atoms with Gasteiger partial charge in [0.2, 0.25) is 0 Å². The highest BCUT2D eigenvalue weighted by atomic mass is 19.3. The lowest BCUT2D eigenvalue weighted by Crippen LogP contribution is -2.38. The number of halogens is 4. The molecule has 2 saturated carbocycles. The summed E-state index contributed by atoms with van der Waals surface area (Å²) in [6.07, 6.45) is 9.83. The Morgan fingerprint density at radius 3 is 1.95 bits per heavy atom. The van der Waals surface area contributed by atoms with E-state index in [0.29, 0.717) is 41.4 Å². The van der Waals surface area contributed by atoms with E-state index in [0.717, 1.165) is 24.8 Å². The van der Waals surface area contributed by atoms with E-state index < -0.39 is 23.7 Å². The second-order valence-electron chi connectivity index (χ2n) is 12.6. The van der Waals surface area contributed by atoms with Crippen molar-refractivity contribution in [2.24, 2.45) is 23.7 Å². The zero-order valence-corrected chi connectivity index (χ0v) is 24.9. The van der Waals surface area contributed by atoms with Crippen molar-refractivity contribution in [3.05, 3.63) is 77.9 Å². The molecule has 0 unspecified atom stereocenters. The van der Waals surface area contributed by atoms with Gasteiger partial charge in [-0.15, -0.1) is 0 Å². The van der Waals surface area contributed by atoms with Gasteiger partial charge in [0.15, 0.2) is 0 Å². The van der Waals surface area contributed by atoms with Gasteiger partial charge in [0, 0.05) is 5.56 Å². The van der Waals surface area contributed by atoms with Crippen LogP contribution in [-0.2, 0) is 0 Å². The monoisotopic (exact) mass is 591 g/mol. The van der Waals surface area contributed by atoms with Crippen molar-refractivity contribution in [1.82, 2.24) is 0 Å². The maximum Gasteiger partial charge on any atom is 0.400 e. The van der Waals surface area contributed by atoms with E-state index in [4.69, 9.17) is 10.00 Å². The summed E-state index contributed by atoms with van der Waals surface area (Å²) in [5.41, 5.74) is 1.63. The predicted octanol–water partition coefficient (Wildman–Crippen LogP) is 11.3. The molecule has 0 amide bonds. The zero-order chi connectivity index (χ0) is 30.4. The predicted molar refractivity (Wildman–Crippen MR) is 163 cm³/mol. The number of hydrogen-bond acceptors (Lipinski definition) is 2. The van der Waals surface area contributed by atoms with Crippen LogP contribution in [0, 0.1) is 46.6 Å². The Balaban J connectivity index is 1.14. The lowest BCUT2D eigenvalue weighted by atomic mass is 9.68. The summed E-state index contributed by atoms with van der Waals surface area (Å²) in [5.74, 6) is 0.148. The van der Waals surface area contributed by atoms with Crippen LogP contribution in [0.4, 0.5) is 17.6 Å². The summed E-state index contributed by atoms with van der Waals surface area (Å²) in [6.45, 7) is 2.25. The van der Waals surface area contributed by atoms with Crippen molar-refractivity contribution in [3.8, 4) is 34.1 Å². The molecule has 0 atom stereocenters. The van der Waals surface area contributed by atoms with Crippen LogP contribution in [0.25, 0.3) is 22.3 Å². The summed E-state index contributed by atoms with van der Waals surface area (Å²) in [7, 11) is 0. The molecule has 0 bridgehead atoms. The molecule has 0 saturated heterocycles. The van der Waals surface area contributed by atoms with Crippen LogP contribution in [0.3, 0.4) is 0 Å². The number of nitriles is 1. The third-order valence-electron chi connectivity index (χ3n) is 9.83. The van der Waals surface area contributed by atoms with Gasteiger partial charge < -0.3 is 4.74 Å². The first-order chi connectivity index (χ1) is 20.8. The molecule has 0 radical (unpaired) electrons. The highest BCUT2D eigenvalue weighted by Gasteiger charge is 2.45. The largest absolute Gasteiger partial charge is 0.432 e. The smallest absolute Gasteiger partial charge is 0.400 e. The van der Waals surface area contributed by atoms with Crippen LogP contribution < -0.4 is 4.74 Å². The minimum atomic E-state index is -3.24. The Kier molecular flexibility index (Phi) is 10.1. The van der Waals surface area contributed by atoms with E-state index in [2.05, 4.69) is 6.92 Å². The Morgan fingerprint density at radius 2 is 1.35 bits per heavy atom. The average molecular weight is 592 g/mol. The molecular formula is C37H41F4NO. The molecule has 0 aromatic heterocycles. The second kappa shape index (κ2) is 14.0. The number of benzene rings is 3. The van der Waals surface area contributed by atoms with Gasteiger partial charge in [0.05, 0.1) is 11.5 Å². The SMILES string of the molecule is CCCCCC1CCC(C2CCC(C(F)(F)Oc3ccc(-c4ccc(-c5ccc(C#N)c(F)c5)c(F)c4)cc3)CC2)CC1. The van der Waals surface area contributed by atoms with Crippen molar-refractivity contribution in [2.45, 2.75) is 90.1 Å². The van der Waals surface area contributed by atoms with Crippen LogP contribution in [0.15, 0.2) is 60.7 Å². The Morgan fingerprint density at radius 1 is 0.744 bits per heavy atom. The fourth-order valence-corrected chi connectivity index (χ4v) is 7.22. The van der Waals surface area contributed by atoms with Crippen molar-refractivity contribution in [3.63, 3.8) is 0 Å². The molecule has 3 aromatic rings. The minimum absolute atomic E-state index is 0.0856. The second-order valence-corrected chi connectivity index (χ2v) is 12.6. The lowest BCUT2D eigenvalue weighted by molar-refractivity contribution is -0.224. The fraction of sp³-hybridized carbons (Fsp3) is 0.486. The van der Waals surface area contributed by atoms with Crippen molar-refractivity contribution < 1.29 is 22.3 Å². The van der Waals surface area contributed by atoms with E-state index in [1.165, 1.54) is 81.7 Å². The molecule has 2 nitrogen and oxygen atoms in total. The van der Waals surface area contributed by atoms with Gasteiger partial charge in [-0.05, 0) is 103 Å². The van der Waals surface area contributed by atoms with Gasteiger partial charge in [0.1, 0.15) is 23.5 Å². The average Bonchev–Trinajstić information content (AvgIpc) is 3.02. The van der Waals surface area contributed by atoms with Gasteiger partial charge in [-0.1, -0.05) is 75.8 Å². The topological polar surface area (TPSA) is 33.0 Å². The molecule has 6 heteroatoms. The Hall–Kier alpha value is -3.33. The van der Waals surface area contributed by atoms with E-state index in [1.54, 1.807) is 30.3 Å². The minimum Gasteiger partial charge on any atom is -0.432 e. The molecule has 0 N–H and O–H groups in total. The molecule has 2 aliphatic carbocycles. The first-order valence-electron chi connectivity index (χ1n) is 15.9. The number of rotatable bonds is 10. The van der Waals surface area contributed by atoms with E-state index in [-0.39, 0.29) is 16.9 Å². The maximum atomic E-state index is 15.2. The molecule has 43 heavy (non-hydrogen) atoms. The van der Waals surface area contributed by atoms with Crippen molar-refractivity contribution in [1.29, 1.82) is 5.26 Å². The first kappa shape index (κ1) is 31.1. The normalized spacial score (nSPS) is 22.6. The lowest BCUT2D eigenvalue weighted by Gasteiger charge is -2.39.